The fourth-order valence-electron chi connectivity index (χ4n) is 0.950. The van der Waals surface area contributed by atoms with Crippen molar-refractivity contribution in [1.82, 2.24) is 4.98 Å². The van der Waals surface area contributed by atoms with E-state index < -0.39 is 29.0 Å². The average molecular weight is 205 g/mol. The fourth-order valence-corrected chi connectivity index (χ4v) is 0.950. The molecule has 1 heterocycles. The molecule has 1 N–H and O–H groups in total. The molecule has 0 aliphatic heterocycles. The number of nitrogens with zero attached hydrogens (tertiary/aromatic N) is 1. The van der Waals surface area contributed by atoms with Crippen LogP contribution < -0.4 is 0 Å². The first-order chi connectivity index (χ1) is 6.32. The van der Waals surface area contributed by atoms with Gasteiger partial charge in [-0.05, 0) is 6.07 Å². The predicted octanol–water partition coefficient (Wildman–Crippen LogP) is 2.01. The zero-order chi connectivity index (χ0) is 10.9. The maximum atomic E-state index is 12.3. The summed E-state index contributed by atoms with van der Waals surface area (Å²) in [4.78, 5) is 14.0. The molecule has 0 fully saturated rings. The second-order valence-electron chi connectivity index (χ2n) is 2.64. The highest BCUT2D eigenvalue weighted by molar-refractivity contribution is 5.93. The first-order valence-electron chi connectivity index (χ1n) is 3.59. The van der Waals surface area contributed by atoms with Crippen molar-refractivity contribution >= 4 is 5.78 Å². The Morgan fingerprint density at radius 1 is 1.50 bits per heavy atom. The number of ketones is 1. The molecule has 0 saturated carbocycles. The van der Waals surface area contributed by atoms with Gasteiger partial charge in [0.1, 0.15) is 11.4 Å². The van der Waals surface area contributed by atoms with Crippen molar-refractivity contribution in [3.8, 4) is 5.75 Å². The molecule has 0 radical (unpaired) electrons. The lowest BCUT2D eigenvalue weighted by atomic mass is 10.1. The zero-order valence-electron chi connectivity index (χ0n) is 7.09. The van der Waals surface area contributed by atoms with Gasteiger partial charge in [0.2, 0.25) is 0 Å². The fraction of sp³-hybridized carbons (Fsp3) is 0.250. The molecule has 1 aromatic heterocycles. The van der Waals surface area contributed by atoms with Crippen LogP contribution in [0.15, 0.2) is 12.3 Å². The number of aromatic hydroxyl groups is 1. The molecule has 6 heteroatoms. The van der Waals surface area contributed by atoms with Gasteiger partial charge in [0.15, 0.2) is 5.78 Å². The van der Waals surface area contributed by atoms with E-state index in [-0.39, 0.29) is 0 Å². The molecule has 0 aromatic carbocycles. The summed E-state index contributed by atoms with van der Waals surface area (Å²) in [7, 11) is 0. The van der Waals surface area contributed by atoms with Gasteiger partial charge in [-0.2, -0.15) is 13.2 Å². The minimum absolute atomic E-state index is 0.476. The van der Waals surface area contributed by atoms with E-state index in [1.165, 1.54) is 0 Å². The summed E-state index contributed by atoms with van der Waals surface area (Å²) in [6, 6.07) is 0.476. The number of halogens is 3. The molecule has 1 rings (SSSR count). The Kier molecular flexibility index (Phi) is 2.46. The summed E-state index contributed by atoms with van der Waals surface area (Å²) in [6.07, 6.45) is -3.89. The highest BCUT2D eigenvalue weighted by Gasteiger charge is 2.35. The number of carbonyl (C=O) groups is 1. The van der Waals surface area contributed by atoms with Crippen molar-refractivity contribution < 1.29 is 23.1 Å². The highest BCUT2D eigenvalue weighted by atomic mass is 19.4. The van der Waals surface area contributed by atoms with Crippen LogP contribution in [-0.2, 0) is 6.18 Å². The van der Waals surface area contributed by atoms with Gasteiger partial charge in [0.25, 0.3) is 0 Å². The topological polar surface area (TPSA) is 50.2 Å². The van der Waals surface area contributed by atoms with E-state index in [9.17, 15) is 18.0 Å². The second kappa shape index (κ2) is 3.28. The lowest BCUT2D eigenvalue weighted by molar-refractivity contribution is -0.138. The summed E-state index contributed by atoms with van der Waals surface area (Å²) in [5.41, 5.74) is -1.90. The van der Waals surface area contributed by atoms with Crippen LogP contribution in [0.3, 0.4) is 0 Å². The third-order valence-electron chi connectivity index (χ3n) is 1.51. The minimum Gasteiger partial charge on any atom is -0.506 e. The highest BCUT2D eigenvalue weighted by Crippen LogP contribution is 2.33. The van der Waals surface area contributed by atoms with Gasteiger partial charge in [-0.1, -0.05) is 0 Å². The van der Waals surface area contributed by atoms with Gasteiger partial charge in [0.05, 0.1) is 11.8 Å². The average Bonchev–Trinajstić information content (AvgIpc) is 2.01. The quantitative estimate of drug-likeness (QED) is 0.713. The van der Waals surface area contributed by atoms with Crippen molar-refractivity contribution in [3.05, 3.63) is 23.5 Å². The third-order valence-corrected chi connectivity index (χ3v) is 1.51. The molecule has 0 atom stereocenters. The lowest BCUT2D eigenvalue weighted by Crippen LogP contribution is -2.13. The monoisotopic (exact) mass is 205 g/mol. The van der Waals surface area contributed by atoms with Crippen LogP contribution in [0.4, 0.5) is 13.2 Å². The predicted molar refractivity (Wildman–Crippen MR) is 40.9 cm³/mol. The molecule has 0 unspecified atom stereocenters. The first-order valence-corrected chi connectivity index (χ1v) is 3.59. The maximum Gasteiger partial charge on any atom is 0.418 e. The maximum absolute atomic E-state index is 12.3. The van der Waals surface area contributed by atoms with Gasteiger partial charge in [-0.3, -0.25) is 4.79 Å². The lowest BCUT2D eigenvalue weighted by Gasteiger charge is -2.09. The number of hydrogen-bond acceptors (Lipinski definition) is 3. The summed E-state index contributed by atoms with van der Waals surface area (Å²) in [6.45, 7) is 0.981. The Bertz CT molecular complexity index is 373. The molecule has 0 aliphatic carbocycles. The van der Waals surface area contributed by atoms with Crippen molar-refractivity contribution in [2.24, 2.45) is 0 Å². The minimum atomic E-state index is -4.69. The van der Waals surface area contributed by atoms with E-state index in [1.807, 2.05) is 0 Å². The molecule has 14 heavy (non-hydrogen) atoms. The van der Waals surface area contributed by atoms with E-state index in [2.05, 4.69) is 4.98 Å². The van der Waals surface area contributed by atoms with Gasteiger partial charge in [0, 0.05) is 6.92 Å². The van der Waals surface area contributed by atoms with Gasteiger partial charge >= 0.3 is 6.18 Å². The first kappa shape index (κ1) is 10.5. The second-order valence-corrected chi connectivity index (χ2v) is 2.64. The zero-order valence-corrected chi connectivity index (χ0v) is 7.09. The van der Waals surface area contributed by atoms with Crippen LogP contribution in [0.2, 0.25) is 0 Å². The summed E-state index contributed by atoms with van der Waals surface area (Å²) >= 11 is 0. The molecule has 3 nitrogen and oxygen atoms in total. The number of aromatic nitrogens is 1. The molecule has 1 aromatic rings. The molecule has 0 bridgehead atoms. The number of alkyl halides is 3. The van der Waals surface area contributed by atoms with Crippen LogP contribution in [0.25, 0.3) is 0 Å². The Morgan fingerprint density at radius 3 is 2.50 bits per heavy atom. The van der Waals surface area contributed by atoms with Crippen molar-refractivity contribution in [1.29, 1.82) is 0 Å². The van der Waals surface area contributed by atoms with Gasteiger partial charge in [-0.25, -0.2) is 4.98 Å². The van der Waals surface area contributed by atoms with Crippen molar-refractivity contribution in [3.63, 3.8) is 0 Å². The SMILES string of the molecule is CC(=O)c1ncc(O)cc1C(F)(F)F. The summed E-state index contributed by atoms with van der Waals surface area (Å²) in [5.74, 6) is -1.42. The molecule has 0 saturated heterocycles. The van der Waals surface area contributed by atoms with Gasteiger partial charge < -0.3 is 5.11 Å². The van der Waals surface area contributed by atoms with Crippen LogP contribution in [0, 0.1) is 0 Å². The summed E-state index contributed by atoms with van der Waals surface area (Å²) in [5, 5.41) is 8.81. The Hall–Kier alpha value is -1.59. The Balaban J connectivity index is 3.38. The van der Waals surface area contributed by atoms with E-state index in [1.54, 1.807) is 0 Å². The van der Waals surface area contributed by atoms with Crippen LogP contribution >= 0.6 is 0 Å². The molecule has 0 aliphatic rings. The normalized spacial score (nSPS) is 11.4. The molecule has 76 valence electrons. The molecular weight excluding hydrogens is 199 g/mol. The number of hydrogen-bond donors (Lipinski definition) is 1. The Morgan fingerprint density at radius 2 is 2.07 bits per heavy atom. The van der Waals surface area contributed by atoms with Crippen molar-refractivity contribution in [2.75, 3.05) is 0 Å². The number of Topliss-reactive ketones (excluding diaryl/α,β-unsaturated/α-hetero) is 1. The van der Waals surface area contributed by atoms with Gasteiger partial charge in [-0.15, -0.1) is 0 Å². The number of carbonyl (C=O) groups excluding carboxylic acids is 1. The van der Waals surface area contributed by atoms with E-state index in [0.717, 1.165) is 13.1 Å². The van der Waals surface area contributed by atoms with Crippen molar-refractivity contribution in [2.45, 2.75) is 13.1 Å². The molecular formula is C8H6F3NO2. The number of pyridine rings is 1. The standard InChI is InChI=1S/C8H6F3NO2/c1-4(13)7-6(8(9,10)11)2-5(14)3-12-7/h2-3,14H,1H3. The smallest absolute Gasteiger partial charge is 0.418 e. The van der Waals surface area contributed by atoms with E-state index >= 15 is 0 Å². The Labute approximate surface area is 77.2 Å². The van der Waals surface area contributed by atoms with E-state index in [4.69, 9.17) is 5.11 Å². The molecule has 0 amide bonds. The van der Waals surface area contributed by atoms with Crippen LogP contribution in [0.1, 0.15) is 23.0 Å². The third kappa shape index (κ3) is 2.01. The molecule has 0 spiro atoms. The summed E-state index contributed by atoms with van der Waals surface area (Å²) < 4.78 is 36.9. The largest absolute Gasteiger partial charge is 0.506 e. The number of rotatable bonds is 1. The van der Waals surface area contributed by atoms with Crippen LogP contribution in [-0.4, -0.2) is 15.9 Å². The van der Waals surface area contributed by atoms with E-state index in [0.29, 0.717) is 6.07 Å². The van der Waals surface area contributed by atoms with Crippen LogP contribution in [0.5, 0.6) is 5.75 Å².